The van der Waals surface area contributed by atoms with E-state index in [0.29, 0.717) is 11.1 Å². The molecule has 0 spiro atoms. The summed E-state index contributed by atoms with van der Waals surface area (Å²) < 4.78 is 41.2. The summed E-state index contributed by atoms with van der Waals surface area (Å²) in [5.41, 5.74) is 0.341. The maximum Gasteiger partial charge on any atom is 0.433 e. The summed E-state index contributed by atoms with van der Waals surface area (Å²) in [6.45, 7) is 0. The molecule has 0 atom stereocenters. The third-order valence-corrected chi connectivity index (χ3v) is 3.59. The molecular weight excluding hydrogens is 331 g/mol. The maximum absolute atomic E-state index is 13.5. The van der Waals surface area contributed by atoms with Crippen LogP contribution in [0.15, 0.2) is 60.9 Å². The summed E-state index contributed by atoms with van der Waals surface area (Å²) in [6, 6.07) is 12.9. The Balaban J connectivity index is 1.97. The molecule has 0 aliphatic heterocycles. The van der Waals surface area contributed by atoms with Crippen LogP contribution in [-0.4, -0.2) is 24.6 Å². The Labute approximate surface area is 139 Å². The van der Waals surface area contributed by atoms with Crippen molar-refractivity contribution in [3.05, 3.63) is 66.6 Å². The number of benzene rings is 1. The van der Waals surface area contributed by atoms with Crippen molar-refractivity contribution in [3.8, 4) is 22.6 Å². The molecule has 0 aliphatic rings. The van der Waals surface area contributed by atoms with E-state index in [4.69, 9.17) is 0 Å². The number of aromatic nitrogens is 5. The van der Waals surface area contributed by atoms with E-state index in [0.717, 1.165) is 10.6 Å². The highest BCUT2D eigenvalue weighted by atomic mass is 19.4. The van der Waals surface area contributed by atoms with Crippen molar-refractivity contribution in [2.24, 2.45) is 0 Å². The first kappa shape index (κ1) is 15.3. The molecule has 0 bridgehead atoms. The van der Waals surface area contributed by atoms with Crippen molar-refractivity contribution < 1.29 is 13.2 Å². The van der Waals surface area contributed by atoms with Crippen molar-refractivity contribution in [1.82, 2.24) is 24.6 Å². The van der Waals surface area contributed by atoms with E-state index in [1.807, 2.05) is 0 Å². The fourth-order valence-corrected chi connectivity index (χ4v) is 2.44. The predicted molar refractivity (Wildman–Crippen MR) is 84.5 cm³/mol. The van der Waals surface area contributed by atoms with Crippen molar-refractivity contribution in [2.45, 2.75) is 6.18 Å². The van der Waals surface area contributed by atoms with E-state index < -0.39 is 11.9 Å². The molecule has 0 saturated heterocycles. The molecule has 4 rings (SSSR count). The standard InChI is InChI=1S/C17H10F3N5/c18-17(19,20)14-9-13(11-5-2-1-3-6-11)22-16-23-15(24-25(14)16)12-7-4-8-21-10-12/h1-10H. The van der Waals surface area contributed by atoms with Gasteiger partial charge in [0, 0.05) is 23.5 Å². The number of alkyl halides is 3. The lowest BCUT2D eigenvalue weighted by Gasteiger charge is -2.10. The minimum absolute atomic E-state index is 0.118. The van der Waals surface area contributed by atoms with E-state index in [1.165, 1.54) is 6.20 Å². The third kappa shape index (κ3) is 2.82. The molecule has 3 heterocycles. The van der Waals surface area contributed by atoms with Crippen LogP contribution in [0.5, 0.6) is 0 Å². The first-order chi connectivity index (χ1) is 12.0. The zero-order valence-electron chi connectivity index (χ0n) is 12.6. The van der Waals surface area contributed by atoms with Crippen LogP contribution in [0.25, 0.3) is 28.4 Å². The van der Waals surface area contributed by atoms with Gasteiger partial charge in [-0.3, -0.25) is 4.98 Å². The SMILES string of the molecule is FC(F)(F)c1cc(-c2ccccc2)nc2nc(-c3cccnc3)nn12. The summed E-state index contributed by atoms with van der Waals surface area (Å²) in [5.74, 6) is 0.0174. The lowest BCUT2D eigenvalue weighted by Crippen LogP contribution is -2.13. The van der Waals surface area contributed by atoms with Crippen LogP contribution in [-0.2, 0) is 6.18 Å². The molecule has 8 heteroatoms. The molecule has 0 saturated carbocycles. The first-order valence-corrected chi connectivity index (χ1v) is 7.33. The van der Waals surface area contributed by atoms with E-state index >= 15 is 0 Å². The number of fused-ring (bicyclic) bond motifs is 1. The topological polar surface area (TPSA) is 56.0 Å². The Morgan fingerprint density at radius 3 is 2.32 bits per heavy atom. The first-order valence-electron chi connectivity index (χ1n) is 7.33. The molecule has 25 heavy (non-hydrogen) atoms. The fraction of sp³-hybridized carbons (Fsp3) is 0.0588. The Morgan fingerprint density at radius 2 is 1.64 bits per heavy atom. The van der Waals surface area contributed by atoms with Crippen LogP contribution in [0.1, 0.15) is 5.69 Å². The molecular formula is C17H10F3N5. The van der Waals surface area contributed by atoms with E-state index in [1.54, 1.807) is 48.7 Å². The molecule has 0 amide bonds. The van der Waals surface area contributed by atoms with Crippen LogP contribution in [0.4, 0.5) is 13.2 Å². The van der Waals surface area contributed by atoms with Gasteiger partial charge in [-0.2, -0.15) is 22.7 Å². The number of hydrogen-bond acceptors (Lipinski definition) is 4. The highest BCUT2D eigenvalue weighted by molar-refractivity contribution is 5.63. The second-order valence-corrected chi connectivity index (χ2v) is 5.28. The van der Waals surface area contributed by atoms with Gasteiger partial charge in [0.05, 0.1) is 5.69 Å². The number of nitrogens with zero attached hydrogens (tertiary/aromatic N) is 5. The van der Waals surface area contributed by atoms with E-state index in [9.17, 15) is 13.2 Å². The summed E-state index contributed by atoms with van der Waals surface area (Å²) in [6.07, 6.45) is -1.54. The molecule has 0 N–H and O–H groups in total. The van der Waals surface area contributed by atoms with Crippen LogP contribution in [0, 0.1) is 0 Å². The van der Waals surface area contributed by atoms with Gasteiger partial charge in [0.15, 0.2) is 11.5 Å². The van der Waals surface area contributed by atoms with Gasteiger partial charge in [0.25, 0.3) is 5.78 Å². The zero-order valence-corrected chi connectivity index (χ0v) is 12.6. The van der Waals surface area contributed by atoms with Gasteiger partial charge < -0.3 is 0 Å². The third-order valence-electron chi connectivity index (χ3n) is 3.59. The molecule has 4 aromatic rings. The van der Waals surface area contributed by atoms with Crippen LogP contribution in [0.2, 0.25) is 0 Å². The van der Waals surface area contributed by atoms with Gasteiger partial charge in [-0.05, 0) is 18.2 Å². The van der Waals surface area contributed by atoms with E-state index in [2.05, 4.69) is 20.1 Å². The molecule has 124 valence electrons. The quantitative estimate of drug-likeness (QED) is 0.555. The lowest BCUT2D eigenvalue weighted by atomic mass is 10.1. The summed E-state index contributed by atoms with van der Waals surface area (Å²) in [5, 5.41) is 3.97. The highest BCUT2D eigenvalue weighted by Gasteiger charge is 2.35. The molecule has 3 aromatic heterocycles. The van der Waals surface area contributed by atoms with Gasteiger partial charge in [0.1, 0.15) is 0 Å². The predicted octanol–water partition coefficient (Wildman–Crippen LogP) is 3.87. The number of hydrogen-bond donors (Lipinski definition) is 0. The molecule has 1 aromatic carbocycles. The maximum atomic E-state index is 13.5. The Morgan fingerprint density at radius 1 is 0.880 bits per heavy atom. The fourth-order valence-electron chi connectivity index (χ4n) is 2.44. The monoisotopic (exact) mass is 341 g/mol. The van der Waals surface area contributed by atoms with E-state index in [-0.39, 0.29) is 17.3 Å². The van der Waals surface area contributed by atoms with Gasteiger partial charge in [0.2, 0.25) is 0 Å². The lowest BCUT2D eigenvalue weighted by molar-refractivity contribution is -0.142. The summed E-state index contributed by atoms with van der Waals surface area (Å²) in [7, 11) is 0. The summed E-state index contributed by atoms with van der Waals surface area (Å²) >= 11 is 0. The number of halogens is 3. The molecule has 0 radical (unpaired) electrons. The second-order valence-electron chi connectivity index (χ2n) is 5.28. The van der Waals surface area contributed by atoms with Crippen LogP contribution < -0.4 is 0 Å². The summed E-state index contributed by atoms with van der Waals surface area (Å²) in [4.78, 5) is 12.3. The largest absolute Gasteiger partial charge is 0.433 e. The van der Waals surface area contributed by atoms with Gasteiger partial charge in [-0.1, -0.05) is 30.3 Å². The van der Waals surface area contributed by atoms with Gasteiger partial charge in [-0.25, -0.2) is 4.98 Å². The highest BCUT2D eigenvalue weighted by Crippen LogP contribution is 2.32. The Hall–Kier alpha value is -3.29. The van der Waals surface area contributed by atoms with Crippen molar-refractivity contribution >= 4 is 5.78 Å². The van der Waals surface area contributed by atoms with Crippen molar-refractivity contribution in [3.63, 3.8) is 0 Å². The minimum Gasteiger partial charge on any atom is -0.264 e. The zero-order chi connectivity index (χ0) is 17.4. The minimum atomic E-state index is -4.59. The molecule has 5 nitrogen and oxygen atoms in total. The van der Waals surface area contributed by atoms with Crippen molar-refractivity contribution in [1.29, 1.82) is 0 Å². The van der Waals surface area contributed by atoms with Crippen LogP contribution in [0.3, 0.4) is 0 Å². The molecule has 0 unspecified atom stereocenters. The number of pyridine rings is 1. The molecule has 0 aliphatic carbocycles. The smallest absolute Gasteiger partial charge is 0.264 e. The van der Waals surface area contributed by atoms with Gasteiger partial charge in [-0.15, -0.1) is 5.10 Å². The average molecular weight is 341 g/mol. The normalized spacial score (nSPS) is 11.8. The van der Waals surface area contributed by atoms with Crippen molar-refractivity contribution in [2.75, 3.05) is 0 Å². The van der Waals surface area contributed by atoms with Crippen LogP contribution >= 0.6 is 0 Å². The Kier molecular flexibility index (Phi) is 3.45. The molecule has 0 fully saturated rings. The Bertz CT molecular complexity index is 1030. The van der Waals surface area contributed by atoms with Gasteiger partial charge >= 0.3 is 6.18 Å². The second kappa shape index (κ2) is 5.66. The number of rotatable bonds is 2. The average Bonchev–Trinajstić information content (AvgIpc) is 3.05.